The molecule has 1 unspecified atom stereocenters. The molecule has 2 rings (SSSR count). The Bertz CT molecular complexity index is 325. The highest BCUT2D eigenvalue weighted by Crippen LogP contribution is 2.22. The van der Waals surface area contributed by atoms with Gasteiger partial charge in [-0.2, -0.15) is 5.26 Å². The third-order valence-corrected chi connectivity index (χ3v) is 1.54. The van der Waals surface area contributed by atoms with E-state index < -0.39 is 0 Å². The largest absolute Gasteiger partial charge is 0.281 e. The summed E-state index contributed by atoms with van der Waals surface area (Å²) in [6.07, 6.45) is 3.54. The van der Waals surface area contributed by atoms with E-state index in [1.54, 1.807) is 12.3 Å². The van der Waals surface area contributed by atoms with Crippen molar-refractivity contribution in [1.29, 1.82) is 5.26 Å². The maximum atomic E-state index is 8.44. The standard InChI is InChI=1S/C8H5N3/c9-3-7-2-1-6(4-10-7)8-5-11-8/h1-2,4-5,8H. The van der Waals surface area contributed by atoms with Crippen molar-refractivity contribution in [2.75, 3.05) is 0 Å². The Morgan fingerprint density at radius 2 is 2.27 bits per heavy atom. The van der Waals surface area contributed by atoms with Crippen molar-refractivity contribution in [3.63, 3.8) is 0 Å². The predicted molar refractivity (Wildman–Crippen MR) is 40.2 cm³/mol. The van der Waals surface area contributed by atoms with E-state index in [0.717, 1.165) is 5.56 Å². The van der Waals surface area contributed by atoms with E-state index in [4.69, 9.17) is 5.26 Å². The van der Waals surface area contributed by atoms with Gasteiger partial charge in [0.1, 0.15) is 17.8 Å². The number of pyridine rings is 1. The molecule has 0 N–H and O–H groups in total. The van der Waals surface area contributed by atoms with Crippen molar-refractivity contribution in [2.24, 2.45) is 4.99 Å². The van der Waals surface area contributed by atoms with Gasteiger partial charge in [0.05, 0.1) is 0 Å². The second-order valence-corrected chi connectivity index (χ2v) is 2.33. The molecule has 0 aliphatic carbocycles. The maximum Gasteiger partial charge on any atom is 0.140 e. The summed E-state index contributed by atoms with van der Waals surface area (Å²) < 4.78 is 0. The molecule has 1 aromatic rings. The maximum absolute atomic E-state index is 8.44. The predicted octanol–water partition coefficient (Wildman–Crippen LogP) is 1.08. The molecule has 1 aliphatic rings. The van der Waals surface area contributed by atoms with E-state index in [2.05, 4.69) is 9.98 Å². The van der Waals surface area contributed by atoms with Crippen LogP contribution in [-0.2, 0) is 0 Å². The zero-order chi connectivity index (χ0) is 7.68. The summed E-state index contributed by atoms with van der Waals surface area (Å²) in [5, 5.41) is 8.44. The Hall–Kier alpha value is -1.69. The average molecular weight is 143 g/mol. The Labute approximate surface area is 64.0 Å². The van der Waals surface area contributed by atoms with Crippen LogP contribution >= 0.6 is 0 Å². The second-order valence-electron chi connectivity index (χ2n) is 2.33. The first-order chi connectivity index (χ1) is 5.40. The van der Waals surface area contributed by atoms with E-state index in [9.17, 15) is 0 Å². The van der Waals surface area contributed by atoms with Crippen molar-refractivity contribution in [1.82, 2.24) is 4.98 Å². The summed E-state index contributed by atoms with van der Waals surface area (Å²) in [4.78, 5) is 7.90. The zero-order valence-corrected chi connectivity index (χ0v) is 5.73. The highest BCUT2D eigenvalue weighted by atomic mass is 14.9. The van der Waals surface area contributed by atoms with Crippen LogP contribution in [0.3, 0.4) is 0 Å². The van der Waals surface area contributed by atoms with Gasteiger partial charge in [0, 0.05) is 18.0 Å². The lowest BCUT2D eigenvalue weighted by atomic mass is 10.2. The van der Waals surface area contributed by atoms with Crippen LogP contribution < -0.4 is 0 Å². The smallest absolute Gasteiger partial charge is 0.140 e. The van der Waals surface area contributed by atoms with E-state index in [0.29, 0.717) is 5.69 Å². The molecule has 0 saturated carbocycles. The molecule has 3 nitrogen and oxygen atoms in total. The van der Waals surface area contributed by atoms with Crippen LogP contribution in [0.15, 0.2) is 23.3 Å². The van der Waals surface area contributed by atoms with Gasteiger partial charge in [-0.1, -0.05) is 6.07 Å². The summed E-state index contributed by atoms with van der Waals surface area (Å²) in [5.41, 5.74) is 1.51. The van der Waals surface area contributed by atoms with Gasteiger partial charge >= 0.3 is 0 Å². The molecule has 0 saturated heterocycles. The van der Waals surface area contributed by atoms with Gasteiger partial charge in [-0.3, -0.25) is 4.99 Å². The minimum atomic E-state index is 0.232. The normalized spacial score (nSPS) is 19.4. The molecular formula is C8H5N3. The summed E-state index contributed by atoms with van der Waals surface area (Å²) >= 11 is 0. The highest BCUT2D eigenvalue weighted by molar-refractivity contribution is 5.79. The highest BCUT2D eigenvalue weighted by Gasteiger charge is 2.15. The molecular weight excluding hydrogens is 138 g/mol. The van der Waals surface area contributed by atoms with Gasteiger partial charge in [0.2, 0.25) is 0 Å². The molecule has 2 heterocycles. The number of hydrogen-bond acceptors (Lipinski definition) is 3. The van der Waals surface area contributed by atoms with Gasteiger partial charge in [-0.25, -0.2) is 4.98 Å². The Morgan fingerprint density at radius 1 is 1.45 bits per heavy atom. The SMILES string of the molecule is N#Cc1ccc(C2C=N2)cn1. The molecule has 0 bridgehead atoms. The van der Waals surface area contributed by atoms with Crippen molar-refractivity contribution in [3.05, 3.63) is 29.6 Å². The number of rotatable bonds is 1. The molecule has 3 heteroatoms. The lowest BCUT2D eigenvalue weighted by molar-refractivity contribution is 1.09. The van der Waals surface area contributed by atoms with Gasteiger partial charge in [-0.05, 0) is 6.07 Å². The molecule has 1 aromatic heterocycles. The van der Waals surface area contributed by atoms with Crippen LogP contribution in [0, 0.1) is 11.3 Å². The summed E-state index contributed by atoms with van der Waals surface area (Å²) in [7, 11) is 0. The third-order valence-electron chi connectivity index (χ3n) is 1.54. The molecule has 0 amide bonds. The number of aromatic nitrogens is 1. The molecule has 0 spiro atoms. The fraction of sp³-hybridized carbons (Fsp3) is 0.125. The Morgan fingerprint density at radius 3 is 2.73 bits per heavy atom. The van der Waals surface area contributed by atoms with Gasteiger partial charge in [0.15, 0.2) is 0 Å². The van der Waals surface area contributed by atoms with Gasteiger partial charge < -0.3 is 0 Å². The van der Waals surface area contributed by atoms with Crippen molar-refractivity contribution >= 4 is 6.21 Å². The van der Waals surface area contributed by atoms with Crippen LogP contribution in [0.4, 0.5) is 0 Å². The van der Waals surface area contributed by atoms with Crippen molar-refractivity contribution in [2.45, 2.75) is 6.04 Å². The third kappa shape index (κ3) is 1.10. The lowest BCUT2D eigenvalue weighted by Crippen LogP contribution is -1.86. The fourth-order valence-corrected chi connectivity index (χ4v) is 0.862. The van der Waals surface area contributed by atoms with Crippen molar-refractivity contribution in [3.8, 4) is 6.07 Å². The number of nitriles is 1. The fourth-order valence-electron chi connectivity index (χ4n) is 0.862. The van der Waals surface area contributed by atoms with Gasteiger partial charge in [-0.15, -0.1) is 0 Å². The van der Waals surface area contributed by atoms with E-state index in [1.807, 2.05) is 18.4 Å². The zero-order valence-electron chi connectivity index (χ0n) is 5.73. The van der Waals surface area contributed by atoms with Crippen LogP contribution in [-0.4, -0.2) is 11.2 Å². The molecule has 0 aromatic carbocycles. The van der Waals surface area contributed by atoms with Gasteiger partial charge in [0.25, 0.3) is 0 Å². The molecule has 0 radical (unpaired) electrons. The monoisotopic (exact) mass is 143 g/mol. The first-order valence-corrected chi connectivity index (χ1v) is 3.29. The minimum Gasteiger partial charge on any atom is -0.281 e. The number of aliphatic imine (C=N–C) groups is 1. The molecule has 52 valence electrons. The molecule has 0 fully saturated rings. The van der Waals surface area contributed by atoms with Crippen LogP contribution in [0.5, 0.6) is 0 Å². The van der Waals surface area contributed by atoms with Crippen molar-refractivity contribution < 1.29 is 0 Å². The minimum absolute atomic E-state index is 0.232. The Balaban J connectivity index is 2.28. The van der Waals surface area contributed by atoms with E-state index >= 15 is 0 Å². The summed E-state index contributed by atoms with van der Waals surface area (Å²) in [5.74, 6) is 0. The van der Waals surface area contributed by atoms with Crippen LogP contribution in [0.2, 0.25) is 0 Å². The summed E-state index contributed by atoms with van der Waals surface area (Å²) in [6, 6.07) is 5.78. The second kappa shape index (κ2) is 2.17. The van der Waals surface area contributed by atoms with E-state index in [-0.39, 0.29) is 6.04 Å². The Kier molecular flexibility index (Phi) is 1.19. The molecule has 1 aliphatic heterocycles. The average Bonchev–Trinajstić information content (AvgIpc) is 2.87. The molecule has 11 heavy (non-hydrogen) atoms. The quantitative estimate of drug-likeness (QED) is 0.590. The number of nitrogens with zero attached hydrogens (tertiary/aromatic N) is 3. The van der Waals surface area contributed by atoms with Crippen LogP contribution in [0.1, 0.15) is 17.3 Å². The molecule has 1 atom stereocenters. The summed E-state index contributed by atoms with van der Waals surface area (Å²) in [6.45, 7) is 0. The van der Waals surface area contributed by atoms with E-state index in [1.165, 1.54) is 0 Å². The number of hydrogen-bond donors (Lipinski definition) is 0. The topological polar surface area (TPSA) is 49.0 Å². The lowest BCUT2D eigenvalue weighted by Gasteiger charge is -1.93. The first-order valence-electron chi connectivity index (χ1n) is 3.29. The first kappa shape index (κ1) is 6.05. The van der Waals surface area contributed by atoms with Crippen LogP contribution in [0.25, 0.3) is 0 Å².